The van der Waals surface area contributed by atoms with Gasteiger partial charge in [-0.1, -0.05) is 113 Å². The van der Waals surface area contributed by atoms with E-state index in [1.807, 2.05) is 14.1 Å². The molecule has 2 atom stereocenters. The second-order valence-electron chi connectivity index (χ2n) is 13.1. The van der Waals surface area contributed by atoms with Crippen LogP contribution in [0.3, 0.4) is 0 Å². The highest BCUT2D eigenvalue weighted by Crippen LogP contribution is 2.43. The molecule has 0 saturated carbocycles. The van der Waals surface area contributed by atoms with Gasteiger partial charge < -0.3 is 19.3 Å². The van der Waals surface area contributed by atoms with Gasteiger partial charge in [0.2, 0.25) is 0 Å². The lowest BCUT2D eigenvalue weighted by molar-refractivity contribution is -0.161. The molecule has 0 bridgehead atoms. The first kappa shape index (κ1) is 48.7. The summed E-state index contributed by atoms with van der Waals surface area (Å²) in [5.41, 5.74) is 0. The average Bonchev–Trinajstić information content (AvgIpc) is 3.09. The number of phosphoric ester groups is 1. The van der Waals surface area contributed by atoms with Crippen LogP contribution < -0.4 is 0 Å². The Kier molecular flexibility index (Phi) is 34.5. The second kappa shape index (κ2) is 36.1. The molecule has 0 aromatic carbocycles. The van der Waals surface area contributed by atoms with Crippen LogP contribution in [0.1, 0.15) is 142 Å². The fourth-order valence-corrected chi connectivity index (χ4v) is 5.53. The fraction of sp³-hybridized carbons (Fsp3) is 0.707. The molecule has 0 radical (unpaired) electrons. The molecule has 0 aliphatic rings. The second-order valence-corrected chi connectivity index (χ2v) is 14.5. The maximum atomic E-state index is 12.6. The Bertz CT molecular complexity index is 1040. The zero-order valence-corrected chi connectivity index (χ0v) is 33.4. The Morgan fingerprint density at radius 3 is 1.73 bits per heavy atom. The summed E-state index contributed by atoms with van der Waals surface area (Å²) in [6, 6.07) is 0. The average molecular weight is 738 g/mol. The highest BCUT2D eigenvalue weighted by Gasteiger charge is 2.26. The lowest BCUT2D eigenvalue weighted by Crippen LogP contribution is -2.29. The smallest absolute Gasteiger partial charge is 0.462 e. The molecular formula is C41H72NO8P. The van der Waals surface area contributed by atoms with E-state index in [1.165, 1.54) is 32.1 Å². The number of hydrogen-bond acceptors (Lipinski definition) is 8. The van der Waals surface area contributed by atoms with E-state index in [2.05, 4.69) is 74.6 Å². The fourth-order valence-electron chi connectivity index (χ4n) is 4.79. The Hall–Kier alpha value is -2.29. The Morgan fingerprint density at radius 1 is 0.627 bits per heavy atom. The summed E-state index contributed by atoms with van der Waals surface area (Å²) in [7, 11) is -0.740. The molecule has 2 unspecified atom stereocenters. The first-order valence-electron chi connectivity index (χ1n) is 19.6. The number of rotatable bonds is 35. The van der Waals surface area contributed by atoms with Crippen LogP contribution in [0.25, 0.3) is 0 Å². The molecule has 0 aromatic rings. The largest absolute Gasteiger partial charge is 0.472 e. The van der Waals surface area contributed by atoms with Gasteiger partial charge in [0, 0.05) is 19.4 Å². The van der Waals surface area contributed by atoms with Crippen LogP contribution in [-0.2, 0) is 32.7 Å². The van der Waals surface area contributed by atoms with Crippen molar-refractivity contribution in [2.75, 3.05) is 40.5 Å². The highest BCUT2D eigenvalue weighted by molar-refractivity contribution is 7.47. The quantitative estimate of drug-likeness (QED) is 0.0294. The summed E-state index contributed by atoms with van der Waals surface area (Å²) < 4.78 is 33.3. The van der Waals surface area contributed by atoms with E-state index in [1.54, 1.807) is 4.90 Å². The van der Waals surface area contributed by atoms with E-state index in [0.717, 1.165) is 70.6 Å². The van der Waals surface area contributed by atoms with Gasteiger partial charge in [-0.05, 0) is 91.1 Å². The molecule has 0 fully saturated rings. The van der Waals surface area contributed by atoms with E-state index in [0.29, 0.717) is 19.4 Å². The lowest BCUT2D eigenvalue weighted by atomic mass is 10.1. The molecule has 1 N–H and O–H groups in total. The summed E-state index contributed by atoms with van der Waals surface area (Å²) in [6.45, 7) is 4.11. The minimum absolute atomic E-state index is 0.00351. The summed E-state index contributed by atoms with van der Waals surface area (Å²) in [5, 5.41) is 0. The van der Waals surface area contributed by atoms with Gasteiger partial charge in [0.25, 0.3) is 0 Å². The molecule has 0 amide bonds. The first-order chi connectivity index (χ1) is 24.7. The summed E-state index contributed by atoms with van der Waals surface area (Å²) in [4.78, 5) is 36.9. The van der Waals surface area contributed by atoms with E-state index in [4.69, 9.17) is 18.5 Å². The molecule has 0 aliphatic carbocycles. The zero-order valence-electron chi connectivity index (χ0n) is 32.5. The van der Waals surface area contributed by atoms with Gasteiger partial charge in [0.1, 0.15) is 6.61 Å². The molecule has 294 valence electrons. The number of nitrogens with zero attached hydrogens (tertiary/aromatic N) is 1. The van der Waals surface area contributed by atoms with Crippen molar-refractivity contribution in [1.29, 1.82) is 0 Å². The highest BCUT2D eigenvalue weighted by atomic mass is 31.2. The number of likely N-dealkylation sites (N-methyl/N-ethyl adjacent to an activating group) is 1. The minimum Gasteiger partial charge on any atom is -0.462 e. The van der Waals surface area contributed by atoms with Crippen LogP contribution in [0, 0.1) is 0 Å². The van der Waals surface area contributed by atoms with Crippen molar-refractivity contribution >= 4 is 19.8 Å². The number of carbonyl (C=O) groups excluding carboxylic acids is 2. The first-order valence-corrected chi connectivity index (χ1v) is 21.1. The van der Waals surface area contributed by atoms with Crippen LogP contribution >= 0.6 is 7.82 Å². The van der Waals surface area contributed by atoms with Crippen molar-refractivity contribution < 1.29 is 37.6 Å². The van der Waals surface area contributed by atoms with E-state index in [9.17, 15) is 19.0 Å². The van der Waals surface area contributed by atoms with Gasteiger partial charge in [-0.3, -0.25) is 18.6 Å². The third-order valence-corrected chi connectivity index (χ3v) is 8.79. The van der Waals surface area contributed by atoms with Crippen molar-refractivity contribution in [1.82, 2.24) is 4.90 Å². The predicted molar refractivity (Wildman–Crippen MR) is 211 cm³/mol. The van der Waals surface area contributed by atoms with E-state index < -0.39 is 32.5 Å². The van der Waals surface area contributed by atoms with Crippen LogP contribution in [-0.4, -0.2) is 68.3 Å². The maximum absolute atomic E-state index is 12.6. The molecule has 0 saturated heterocycles. The van der Waals surface area contributed by atoms with Gasteiger partial charge in [0.05, 0.1) is 13.2 Å². The van der Waals surface area contributed by atoms with Crippen molar-refractivity contribution in [2.24, 2.45) is 0 Å². The number of unbranched alkanes of at least 4 members (excludes halogenated alkanes) is 11. The van der Waals surface area contributed by atoms with Crippen LogP contribution in [0.4, 0.5) is 0 Å². The van der Waals surface area contributed by atoms with Crippen molar-refractivity contribution in [3.63, 3.8) is 0 Å². The number of carbonyl (C=O) groups is 2. The number of allylic oxidation sites excluding steroid dienone is 10. The molecular weight excluding hydrogens is 665 g/mol. The monoisotopic (exact) mass is 737 g/mol. The predicted octanol–water partition coefficient (Wildman–Crippen LogP) is 10.8. The number of hydrogen-bond donors (Lipinski definition) is 1. The van der Waals surface area contributed by atoms with Crippen LogP contribution in [0.2, 0.25) is 0 Å². The molecule has 0 heterocycles. The van der Waals surface area contributed by atoms with Gasteiger partial charge in [-0.2, -0.15) is 0 Å². The van der Waals surface area contributed by atoms with Gasteiger partial charge in [0.15, 0.2) is 6.10 Å². The lowest BCUT2D eigenvalue weighted by Gasteiger charge is -2.20. The van der Waals surface area contributed by atoms with Crippen LogP contribution in [0.15, 0.2) is 60.8 Å². The topological polar surface area (TPSA) is 112 Å². The van der Waals surface area contributed by atoms with Gasteiger partial charge >= 0.3 is 19.8 Å². The number of ether oxygens (including phenoxy) is 2. The third kappa shape index (κ3) is 37.3. The Labute approximate surface area is 311 Å². The van der Waals surface area contributed by atoms with Crippen molar-refractivity contribution in [2.45, 2.75) is 148 Å². The maximum Gasteiger partial charge on any atom is 0.472 e. The minimum atomic E-state index is -4.37. The van der Waals surface area contributed by atoms with Gasteiger partial charge in [-0.15, -0.1) is 0 Å². The zero-order chi connectivity index (χ0) is 37.7. The Balaban J connectivity index is 4.45. The summed E-state index contributed by atoms with van der Waals surface area (Å²) in [6.07, 6.45) is 39.8. The Morgan fingerprint density at radius 2 is 1.12 bits per heavy atom. The van der Waals surface area contributed by atoms with E-state index >= 15 is 0 Å². The number of esters is 2. The van der Waals surface area contributed by atoms with Crippen molar-refractivity contribution in [3.8, 4) is 0 Å². The summed E-state index contributed by atoms with van der Waals surface area (Å²) in [5.74, 6) is -0.869. The molecule has 9 nitrogen and oxygen atoms in total. The summed E-state index contributed by atoms with van der Waals surface area (Å²) >= 11 is 0. The van der Waals surface area contributed by atoms with Crippen LogP contribution in [0.5, 0.6) is 0 Å². The third-order valence-electron chi connectivity index (χ3n) is 7.81. The molecule has 0 aromatic heterocycles. The van der Waals surface area contributed by atoms with Gasteiger partial charge in [-0.25, -0.2) is 4.57 Å². The molecule has 10 heteroatoms. The molecule has 0 spiro atoms. The SMILES string of the molecule is CC/C=C\C/C=C\C/C=C\C/C=C\CCCCC(=O)OCC(COP(=O)(O)OCCN(C)C)OC(=O)CCCCCCC/C=C\CCCCCC. The normalized spacial score (nSPS) is 14.2. The molecule has 0 rings (SSSR count). The molecule has 0 aliphatic heterocycles. The number of phosphoric acid groups is 1. The standard InChI is InChI=1S/C41H72NO8P/c1-5-7-9-11-13-15-17-19-20-22-23-25-27-29-31-33-40(43)47-37-39(38-49-51(45,46)48-36-35-42(3)4)50-41(44)34-32-30-28-26-24-21-18-16-14-12-10-8-6-2/h7,9,13,15-16,18-20,23,25,39H,5-6,8,10-12,14,17,21-22,24,26-38H2,1-4H3,(H,45,46)/b9-7-,15-13-,18-16-,20-19-,25-23-. The van der Waals surface area contributed by atoms with E-state index in [-0.39, 0.29) is 26.1 Å². The molecule has 51 heavy (non-hydrogen) atoms. The van der Waals surface area contributed by atoms with Crippen molar-refractivity contribution in [3.05, 3.63) is 60.8 Å².